The zero-order chi connectivity index (χ0) is 31.5. The summed E-state index contributed by atoms with van der Waals surface area (Å²) in [5.41, 5.74) is 3.49. The maximum absolute atomic E-state index is 15.2. The molecule has 0 spiro atoms. The van der Waals surface area contributed by atoms with Crippen LogP contribution in [0.3, 0.4) is 0 Å². The van der Waals surface area contributed by atoms with Gasteiger partial charge in [-0.2, -0.15) is 0 Å². The SMILES string of the molecule is COc1cnc2c(-c3nc4cc(F)c(OC(C)C(C)N(C(=O)O)c5cnc(C(=O)NCCO)nc5)cc4s3)cc(C)cc2n1. The average molecular weight is 622 g/mol. The molecule has 5 rings (SSSR count). The van der Waals surface area contributed by atoms with E-state index in [0.29, 0.717) is 32.1 Å². The molecule has 0 radical (unpaired) electrons. The zero-order valence-electron chi connectivity index (χ0n) is 24.1. The number of aliphatic hydroxyl groups excluding tert-OH is 1. The first-order chi connectivity index (χ1) is 21.1. The molecule has 228 valence electrons. The molecule has 2 amide bonds. The highest BCUT2D eigenvalue weighted by atomic mass is 32.1. The van der Waals surface area contributed by atoms with E-state index in [9.17, 15) is 14.7 Å². The largest absolute Gasteiger partial charge is 0.485 e. The van der Waals surface area contributed by atoms with Gasteiger partial charge in [-0.15, -0.1) is 11.3 Å². The number of benzene rings is 2. The third-order valence-electron chi connectivity index (χ3n) is 6.77. The van der Waals surface area contributed by atoms with Gasteiger partial charge >= 0.3 is 6.09 Å². The number of hydrogen-bond donors (Lipinski definition) is 3. The lowest BCUT2D eigenvalue weighted by atomic mass is 10.1. The summed E-state index contributed by atoms with van der Waals surface area (Å²) in [6.45, 7) is 4.92. The van der Waals surface area contributed by atoms with Crippen LogP contribution in [0.2, 0.25) is 0 Å². The molecule has 0 aliphatic carbocycles. The predicted octanol–water partition coefficient (Wildman–Crippen LogP) is 4.22. The van der Waals surface area contributed by atoms with Crippen LogP contribution in [0.1, 0.15) is 30.0 Å². The van der Waals surface area contributed by atoms with Gasteiger partial charge in [0.2, 0.25) is 11.7 Å². The first-order valence-corrected chi connectivity index (χ1v) is 14.2. The number of carbonyl (C=O) groups is 2. The number of nitrogens with zero attached hydrogens (tertiary/aromatic N) is 6. The molecule has 5 aromatic rings. The summed E-state index contributed by atoms with van der Waals surface area (Å²) in [5, 5.41) is 21.8. The first kappa shape index (κ1) is 30.4. The van der Waals surface area contributed by atoms with E-state index < -0.39 is 30.0 Å². The van der Waals surface area contributed by atoms with Gasteiger partial charge in [0, 0.05) is 24.2 Å². The number of methoxy groups -OCH3 is 1. The second-order valence-corrected chi connectivity index (χ2v) is 10.9. The number of halogens is 1. The molecule has 0 saturated heterocycles. The van der Waals surface area contributed by atoms with Crippen molar-refractivity contribution in [1.29, 1.82) is 0 Å². The van der Waals surface area contributed by atoms with Gasteiger partial charge in [-0.25, -0.2) is 34.1 Å². The summed E-state index contributed by atoms with van der Waals surface area (Å²) < 4.78 is 27.0. The van der Waals surface area contributed by atoms with E-state index in [1.165, 1.54) is 49.2 Å². The van der Waals surface area contributed by atoms with E-state index in [4.69, 9.17) is 14.6 Å². The van der Waals surface area contributed by atoms with Crippen molar-refractivity contribution in [3.05, 3.63) is 60.1 Å². The number of carboxylic acid groups (broad SMARTS) is 1. The number of nitrogens with one attached hydrogen (secondary N) is 1. The number of aliphatic hydroxyl groups is 1. The Bertz CT molecular complexity index is 1850. The van der Waals surface area contributed by atoms with Crippen LogP contribution in [0.15, 0.2) is 42.9 Å². The molecule has 0 fully saturated rings. The fraction of sp³-hybridized carbons (Fsp3) is 0.276. The molecule has 44 heavy (non-hydrogen) atoms. The van der Waals surface area contributed by atoms with Crippen molar-refractivity contribution in [2.75, 3.05) is 25.2 Å². The van der Waals surface area contributed by atoms with Crippen LogP contribution in [-0.4, -0.2) is 79.5 Å². The van der Waals surface area contributed by atoms with E-state index in [2.05, 4.69) is 30.2 Å². The van der Waals surface area contributed by atoms with Crippen molar-refractivity contribution in [3.63, 3.8) is 0 Å². The van der Waals surface area contributed by atoms with E-state index in [1.54, 1.807) is 13.8 Å². The second kappa shape index (κ2) is 12.7. The fourth-order valence-corrected chi connectivity index (χ4v) is 5.48. The van der Waals surface area contributed by atoms with Crippen LogP contribution in [0.5, 0.6) is 11.6 Å². The molecule has 2 atom stereocenters. The zero-order valence-corrected chi connectivity index (χ0v) is 24.9. The summed E-state index contributed by atoms with van der Waals surface area (Å²) >= 11 is 1.33. The average Bonchev–Trinajstić information content (AvgIpc) is 3.41. The second-order valence-electron chi connectivity index (χ2n) is 9.82. The van der Waals surface area contributed by atoms with Gasteiger partial charge in [0.25, 0.3) is 5.91 Å². The number of carbonyl (C=O) groups excluding carboxylic acids is 1. The van der Waals surface area contributed by atoms with Crippen LogP contribution in [-0.2, 0) is 0 Å². The van der Waals surface area contributed by atoms with Crippen molar-refractivity contribution in [2.24, 2.45) is 0 Å². The number of fused-ring (bicyclic) bond motifs is 2. The Morgan fingerprint density at radius 1 is 1.07 bits per heavy atom. The Kier molecular flexibility index (Phi) is 8.78. The highest BCUT2D eigenvalue weighted by molar-refractivity contribution is 7.21. The van der Waals surface area contributed by atoms with Crippen LogP contribution in [0, 0.1) is 12.7 Å². The first-order valence-electron chi connectivity index (χ1n) is 13.4. The third-order valence-corrected chi connectivity index (χ3v) is 7.82. The van der Waals surface area contributed by atoms with Gasteiger partial charge < -0.3 is 25.0 Å². The van der Waals surface area contributed by atoms with Gasteiger partial charge in [-0.05, 0) is 38.5 Å². The van der Waals surface area contributed by atoms with E-state index in [0.717, 1.165) is 16.0 Å². The molecule has 2 aromatic carbocycles. The molecule has 15 heteroatoms. The molecular formula is C29H28FN7O6S. The highest BCUT2D eigenvalue weighted by Gasteiger charge is 2.29. The quantitative estimate of drug-likeness (QED) is 0.204. The summed E-state index contributed by atoms with van der Waals surface area (Å²) in [6.07, 6.45) is 1.78. The van der Waals surface area contributed by atoms with Crippen LogP contribution in [0.25, 0.3) is 31.8 Å². The number of amides is 2. The molecule has 0 bridgehead atoms. The predicted molar refractivity (Wildman–Crippen MR) is 161 cm³/mol. The lowest BCUT2D eigenvalue weighted by Crippen LogP contribution is -2.46. The Morgan fingerprint density at radius 3 is 2.50 bits per heavy atom. The van der Waals surface area contributed by atoms with E-state index >= 15 is 4.39 Å². The maximum Gasteiger partial charge on any atom is 0.412 e. The van der Waals surface area contributed by atoms with Crippen molar-refractivity contribution in [2.45, 2.75) is 32.9 Å². The fourth-order valence-electron chi connectivity index (χ4n) is 4.48. The van der Waals surface area contributed by atoms with Gasteiger partial charge in [0.15, 0.2) is 11.6 Å². The van der Waals surface area contributed by atoms with Crippen molar-refractivity contribution in [3.8, 4) is 22.2 Å². The minimum Gasteiger partial charge on any atom is -0.485 e. The topological polar surface area (TPSA) is 173 Å². The summed E-state index contributed by atoms with van der Waals surface area (Å²) in [6, 6.07) is 5.84. The number of anilines is 1. The number of thiazole rings is 1. The standard InChI is InChI=1S/C29H28FN7O6S/c1-14-7-18(25-21(8-14)35-24(42-4)13-32-25)28-36-20-9-19(30)22(10-23(20)44-28)43-16(3)15(2)37(29(40)41)17-11-33-26(34-12-17)27(39)31-5-6-38/h7-13,15-16,38H,5-6H2,1-4H3,(H,31,39)(H,40,41). The molecule has 13 nitrogen and oxygen atoms in total. The van der Waals surface area contributed by atoms with Gasteiger partial charge in [-0.3, -0.25) is 9.69 Å². The Hall–Kier alpha value is -5.02. The molecular weight excluding hydrogens is 593 g/mol. The summed E-state index contributed by atoms with van der Waals surface area (Å²) in [5.74, 6) is -1.14. The smallest absolute Gasteiger partial charge is 0.412 e. The van der Waals surface area contributed by atoms with Crippen molar-refractivity contribution >= 4 is 50.3 Å². The van der Waals surface area contributed by atoms with Crippen LogP contribution >= 0.6 is 11.3 Å². The lowest BCUT2D eigenvalue weighted by molar-refractivity contribution is 0.0934. The Balaban J connectivity index is 1.39. The maximum atomic E-state index is 15.2. The number of hydrogen-bond acceptors (Lipinski definition) is 11. The minimum absolute atomic E-state index is 0.0233. The Labute approximate surface area is 254 Å². The van der Waals surface area contributed by atoms with Crippen LogP contribution in [0.4, 0.5) is 14.9 Å². The highest BCUT2D eigenvalue weighted by Crippen LogP contribution is 2.37. The molecule has 3 N–H and O–H groups in total. The van der Waals surface area contributed by atoms with Crippen molar-refractivity contribution in [1.82, 2.24) is 30.2 Å². The van der Waals surface area contributed by atoms with E-state index in [-0.39, 0.29) is 30.4 Å². The minimum atomic E-state index is -1.32. The van der Waals surface area contributed by atoms with Crippen LogP contribution < -0.4 is 19.7 Å². The van der Waals surface area contributed by atoms with Gasteiger partial charge in [-0.1, -0.05) is 0 Å². The lowest BCUT2D eigenvalue weighted by Gasteiger charge is -2.30. The molecule has 0 saturated carbocycles. The molecule has 2 unspecified atom stereocenters. The van der Waals surface area contributed by atoms with Crippen molar-refractivity contribution < 1.29 is 33.7 Å². The number of aryl methyl sites for hydroxylation is 1. The summed E-state index contributed by atoms with van der Waals surface area (Å²) in [7, 11) is 1.52. The Morgan fingerprint density at radius 2 is 1.82 bits per heavy atom. The number of rotatable bonds is 10. The number of ether oxygens (including phenoxy) is 2. The molecule has 0 aliphatic heterocycles. The molecule has 0 aliphatic rings. The monoisotopic (exact) mass is 621 g/mol. The molecule has 3 heterocycles. The third kappa shape index (κ3) is 6.18. The summed E-state index contributed by atoms with van der Waals surface area (Å²) in [4.78, 5) is 46.7. The normalized spacial score (nSPS) is 12.6. The molecule has 3 aromatic heterocycles. The van der Waals surface area contributed by atoms with E-state index in [1.807, 2.05) is 19.1 Å². The van der Waals surface area contributed by atoms with Gasteiger partial charge in [0.05, 0.1) is 65.3 Å². The van der Waals surface area contributed by atoms with Gasteiger partial charge in [0.1, 0.15) is 11.1 Å². The number of aromatic nitrogens is 5.